The first-order chi connectivity index (χ1) is 15.2. The predicted molar refractivity (Wildman–Crippen MR) is 124 cm³/mol. The first-order valence-corrected chi connectivity index (χ1v) is 10.2. The smallest absolute Gasteiger partial charge is 0.310 e. The number of nitrogens with one attached hydrogen (secondary N) is 1. The highest BCUT2D eigenvalue weighted by Crippen LogP contribution is 2.28. The van der Waals surface area contributed by atoms with Crippen molar-refractivity contribution in [3.8, 4) is 22.4 Å². The van der Waals surface area contributed by atoms with Gasteiger partial charge in [0, 0.05) is 23.2 Å². The average molecular weight is 412 g/mol. The third-order valence-electron chi connectivity index (χ3n) is 5.20. The number of para-hydroxylation sites is 1. The highest BCUT2D eigenvalue weighted by molar-refractivity contribution is 5.89. The van der Waals surface area contributed by atoms with Crippen LogP contribution in [0.2, 0.25) is 0 Å². The van der Waals surface area contributed by atoms with Crippen LogP contribution in [-0.4, -0.2) is 36.3 Å². The SMILES string of the molecule is COC(=O)Cc1cc(-c2ccc(-c3ccc(NCCO)cc3)cc2)nc2ccccc12. The number of benzene rings is 3. The van der Waals surface area contributed by atoms with Crippen LogP contribution in [0, 0.1) is 0 Å². The molecule has 2 N–H and O–H groups in total. The van der Waals surface area contributed by atoms with Crippen LogP contribution >= 0.6 is 0 Å². The summed E-state index contributed by atoms with van der Waals surface area (Å²) in [6.07, 6.45) is 0.210. The molecule has 156 valence electrons. The van der Waals surface area contributed by atoms with Gasteiger partial charge in [-0.15, -0.1) is 0 Å². The lowest BCUT2D eigenvalue weighted by Gasteiger charge is -2.10. The summed E-state index contributed by atoms with van der Waals surface area (Å²) in [7, 11) is 1.40. The Balaban J connectivity index is 1.63. The van der Waals surface area contributed by atoms with Gasteiger partial charge < -0.3 is 15.2 Å². The fourth-order valence-electron chi connectivity index (χ4n) is 3.58. The molecule has 0 unspecified atom stereocenters. The van der Waals surface area contributed by atoms with Gasteiger partial charge in [-0.3, -0.25) is 4.79 Å². The van der Waals surface area contributed by atoms with Crippen LogP contribution in [0.4, 0.5) is 5.69 Å². The molecule has 3 aromatic carbocycles. The maximum Gasteiger partial charge on any atom is 0.310 e. The molecule has 0 spiro atoms. The summed E-state index contributed by atoms with van der Waals surface area (Å²) in [5.41, 5.74) is 6.77. The lowest BCUT2D eigenvalue weighted by atomic mass is 9.99. The van der Waals surface area contributed by atoms with E-state index >= 15 is 0 Å². The summed E-state index contributed by atoms with van der Waals surface area (Å²) in [5, 5.41) is 13.0. The Morgan fingerprint density at radius 1 is 0.935 bits per heavy atom. The largest absolute Gasteiger partial charge is 0.469 e. The van der Waals surface area contributed by atoms with Gasteiger partial charge in [0.25, 0.3) is 0 Å². The Morgan fingerprint density at radius 2 is 1.58 bits per heavy atom. The van der Waals surface area contributed by atoms with Crippen molar-refractivity contribution in [2.75, 3.05) is 25.6 Å². The number of aliphatic hydroxyl groups excluding tert-OH is 1. The summed E-state index contributed by atoms with van der Waals surface area (Å²) in [6.45, 7) is 0.637. The zero-order chi connectivity index (χ0) is 21.6. The third-order valence-corrected chi connectivity index (χ3v) is 5.20. The number of ether oxygens (including phenoxy) is 1. The normalized spacial score (nSPS) is 10.8. The Hall–Kier alpha value is -3.70. The lowest BCUT2D eigenvalue weighted by Crippen LogP contribution is -2.05. The number of aromatic nitrogens is 1. The van der Waals surface area contributed by atoms with Crippen LogP contribution < -0.4 is 5.32 Å². The molecule has 0 radical (unpaired) electrons. The number of nitrogens with zero attached hydrogens (tertiary/aromatic N) is 1. The van der Waals surface area contributed by atoms with E-state index in [1.807, 2.05) is 54.6 Å². The number of fused-ring (bicyclic) bond motifs is 1. The fourth-order valence-corrected chi connectivity index (χ4v) is 3.58. The summed E-state index contributed by atoms with van der Waals surface area (Å²) < 4.78 is 4.87. The van der Waals surface area contributed by atoms with E-state index in [4.69, 9.17) is 14.8 Å². The molecule has 0 amide bonds. The van der Waals surface area contributed by atoms with Crippen LogP contribution in [0.1, 0.15) is 5.56 Å². The number of carbonyl (C=O) groups excluding carboxylic acids is 1. The zero-order valence-electron chi connectivity index (χ0n) is 17.3. The average Bonchev–Trinajstić information content (AvgIpc) is 2.83. The number of carbonyl (C=O) groups is 1. The molecule has 5 heteroatoms. The number of hydrogen-bond acceptors (Lipinski definition) is 5. The maximum atomic E-state index is 11.9. The van der Waals surface area contributed by atoms with Gasteiger partial charge in [0.05, 0.1) is 31.3 Å². The molecule has 1 aromatic heterocycles. The van der Waals surface area contributed by atoms with Crippen LogP contribution in [0.3, 0.4) is 0 Å². The second kappa shape index (κ2) is 9.41. The third kappa shape index (κ3) is 4.73. The molecule has 0 fully saturated rings. The van der Waals surface area contributed by atoms with Gasteiger partial charge in [0.15, 0.2) is 0 Å². The van der Waals surface area contributed by atoms with E-state index in [0.717, 1.165) is 44.5 Å². The molecule has 0 aliphatic rings. The van der Waals surface area contributed by atoms with E-state index in [0.29, 0.717) is 6.54 Å². The van der Waals surface area contributed by atoms with Crippen LogP contribution in [0.15, 0.2) is 78.9 Å². The van der Waals surface area contributed by atoms with Gasteiger partial charge in [0.2, 0.25) is 0 Å². The van der Waals surface area contributed by atoms with Crippen molar-refractivity contribution in [3.05, 3.63) is 84.4 Å². The van der Waals surface area contributed by atoms with Crippen molar-refractivity contribution in [2.45, 2.75) is 6.42 Å². The Bertz CT molecular complexity index is 1190. The van der Waals surface area contributed by atoms with Crippen molar-refractivity contribution in [1.29, 1.82) is 0 Å². The van der Waals surface area contributed by atoms with Crippen LogP contribution in [0.25, 0.3) is 33.3 Å². The molecule has 1 heterocycles. The van der Waals surface area contributed by atoms with Crippen molar-refractivity contribution >= 4 is 22.6 Å². The Kier molecular flexibility index (Phi) is 6.24. The minimum absolute atomic E-state index is 0.105. The number of anilines is 1. The van der Waals surface area contributed by atoms with E-state index in [9.17, 15) is 4.79 Å². The summed E-state index contributed by atoms with van der Waals surface area (Å²) in [4.78, 5) is 16.7. The number of pyridine rings is 1. The molecule has 0 saturated carbocycles. The number of hydrogen-bond donors (Lipinski definition) is 2. The zero-order valence-corrected chi connectivity index (χ0v) is 17.3. The fraction of sp³-hybridized carbons (Fsp3) is 0.154. The molecule has 4 rings (SSSR count). The molecule has 5 nitrogen and oxygen atoms in total. The Labute approximate surface area is 181 Å². The molecule has 4 aromatic rings. The van der Waals surface area contributed by atoms with Gasteiger partial charge in [-0.2, -0.15) is 0 Å². The highest BCUT2D eigenvalue weighted by Gasteiger charge is 2.11. The van der Waals surface area contributed by atoms with Gasteiger partial charge in [0.1, 0.15) is 0 Å². The first-order valence-electron chi connectivity index (χ1n) is 10.2. The minimum atomic E-state index is -0.269. The molecule has 0 aliphatic heterocycles. The topological polar surface area (TPSA) is 71.5 Å². The maximum absolute atomic E-state index is 11.9. The molecule has 0 atom stereocenters. The quantitative estimate of drug-likeness (QED) is 0.431. The lowest BCUT2D eigenvalue weighted by molar-refractivity contribution is -0.139. The Morgan fingerprint density at radius 3 is 2.26 bits per heavy atom. The highest BCUT2D eigenvalue weighted by atomic mass is 16.5. The van der Waals surface area contributed by atoms with E-state index < -0.39 is 0 Å². The van der Waals surface area contributed by atoms with Crippen LogP contribution in [0.5, 0.6) is 0 Å². The second-order valence-corrected chi connectivity index (χ2v) is 7.24. The van der Waals surface area contributed by atoms with Gasteiger partial charge in [-0.1, -0.05) is 54.6 Å². The van der Waals surface area contributed by atoms with E-state index in [2.05, 4.69) is 29.6 Å². The minimum Gasteiger partial charge on any atom is -0.469 e. The van der Waals surface area contributed by atoms with Crippen molar-refractivity contribution in [1.82, 2.24) is 4.98 Å². The standard InChI is InChI=1S/C26H24N2O3/c1-31-26(30)17-21-16-25(28-24-5-3-2-4-23(21)24)20-8-6-18(7-9-20)19-10-12-22(13-11-19)27-14-15-29/h2-13,16,27,29H,14-15,17H2,1H3. The van der Waals surface area contributed by atoms with Crippen molar-refractivity contribution in [3.63, 3.8) is 0 Å². The number of esters is 1. The predicted octanol–water partition coefficient (Wildman–Crippen LogP) is 4.69. The molecule has 0 bridgehead atoms. The monoisotopic (exact) mass is 412 g/mol. The molecular weight excluding hydrogens is 388 g/mol. The molecule has 0 saturated heterocycles. The number of methoxy groups -OCH3 is 1. The number of rotatable bonds is 7. The molecular formula is C26H24N2O3. The van der Waals surface area contributed by atoms with Crippen LogP contribution in [-0.2, 0) is 16.0 Å². The van der Waals surface area contributed by atoms with Gasteiger partial charge in [-0.05, 0) is 41.0 Å². The molecule has 31 heavy (non-hydrogen) atoms. The van der Waals surface area contributed by atoms with Crippen molar-refractivity contribution in [2.24, 2.45) is 0 Å². The van der Waals surface area contributed by atoms with E-state index in [1.165, 1.54) is 7.11 Å². The summed E-state index contributed by atoms with van der Waals surface area (Å²) in [6, 6.07) is 26.2. The first kappa shape index (κ1) is 20.6. The van der Waals surface area contributed by atoms with Gasteiger partial charge >= 0.3 is 5.97 Å². The summed E-state index contributed by atoms with van der Waals surface area (Å²) in [5.74, 6) is -0.269. The van der Waals surface area contributed by atoms with E-state index in [-0.39, 0.29) is 19.0 Å². The van der Waals surface area contributed by atoms with E-state index in [1.54, 1.807) is 0 Å². The second-order valence-electron chi connectivity index (χ2n) is 7.24. The summed E-state index contributed by atoms with van der Waals surface area (Å²) >= 11 is 0. The van der Waals surface area contributed by atoms with Crippen molar-refractivity contribution < 1.29 is 14.6 Å². The van der Waals surface area contributed by atoms with Gasteiger partial charge in [-0.25, -0.2) is 4.98 Å². The molecule has 0 aliphatic carbocycles. The number of aliphatic hydroxyl groups is 1.